The van der Waals surface area contributed by atoms with Gasteiger partial charge in [0.15, 0.2) is 6.29 Å². The Balaban J connectivity index is 1.03. The molecule has 5 fully saturated rings. The SMILES string of the molecule is C[C@@H]1[C@H](CN(Cc2ccccc2)Cc2ccccc2)O[C@H](c2cccc(NC(=O)NC34CC5CC(CC(C5)C3)C4)c2)O[C@@H]1c1ccc(CO)cc1. The minimum absolute atomic E-state index is 0.000115. The molecule has 4 aromatic rings. The third kappa shape index (κ3) is 7.92. The number of ether oxygens (including phenoxy) is 2. The smallest absolute Gasteiger partial charge is 0.319 e. The highest BCUT2D eigenvalue weighted by molar-refractivity contribution is 5.90. The maximum Gasteiger partial charge on any atom is 0.319 e. The molecule has 1 saturated heterocycles. The highest BCUT2D eigenvalue weighted by atomic mass is 16.7. The Kier molecular flexibility index (Phi) is 9.97. The molecule has 7 nitrogen and oxygen atoms in total. The number of carbonyl (C=O) groups is 1. The first-order valence-corrected chi connectivity index (χ1v) is 18.9. The number of aliphatic hydroxyl groups is 1. The molecule has 5 aliphatic rings. The summed E-state index contributed by atoms with van der Waals surface area (Å²) in [6, 6.07) is 37.1. The van der Waals surface area contributed by atoms with E-state index >= 15 is 0 Å². The Bertz CT molecular complexity index is 1690. The molecule has 4 bridgehead atoms. The second-order valence-corrected chi connectivity index (χ2v) is 15.9. The highest BCUT2D eigenvalue weighted by Crippen LogP contribution is 2.55. The van der Waals surface area contributed by atoms with Crippen LogP contribution in [0.3, 0.4) is 0 Å². The molecular weight excluding hydrogens is 635 g/mol. The molecule has 1 heterocycles. The molecule has 51 heavy (non-hydrogen) atoms. The predicted octanol–water partition coefficient (Wildman–Crippen LogP) is 8.76. The lowest BCUT2D eigenvalue weighted by atomic mass is 9.53. The second-order valence-electron chi connectivity index (χ2n) is 15.9. The Morgan fingerprint density at radius 2 is 1.35 bits per heavy atom. The Labute approximate surface area is 302 Å². The van der Waals surface area contributed by atoms with E-state index in [2.05, 4.69) is 95.3 Å². The fourth-order valence-electron chi connectivity index (χ4n) is 9.88. The molecule has 3 N–H and O–H groups in total. The number of anilines is 1. The van der Waals surface area contributed by atoms with Crippen molar-refractivity contribution >= 4 is 11.7 Å². The first-order chi connectivity index (χ1) is 24.9. The minimum atomic E-state index is -0.628. The van der Waals surface area contributed by atoms with Crippen LogP contribution < -0.4 is 10.6 Å². The normalized spacial score (nSPS) is 29.6. The van der Waals surface area contributed by atoms with Crippen LogP contribution in [0.25, 0.3) is 0 Å². The minimum Gasteiger partial charge on any atom is -0.392 e. The van der Waals surface area contributed by atoms with Crippen LogP contribution in [-0.4, -0.2) is 34.2 Å². The van der Waals surface area contributed by atoms with E-state index in [1.807, 2.05) is 36.4 Å². The maximum atomic E-state index is 13.5. The molecule has 0 spiro atoms. The molecule has 266 valence electrons. The van der Waals surface area contributed by atoms with Gasteiger partial charge in [-0.3, -0.25) is 4.90 Å². The largest absolute Gasteiger partial charge is 0.392 e. The molecule has 1 aliphatic heterocycles. The van der Waals surface area contributed by atoms with Gasteiger partial charge in [-0.05, 0) is 90.7 Å². The number of benzene rings is 4. The zero-order chi connectivity index (χ0) is 34.8. The van der Waals surface area contributed by atoms with Crippen LogP contribution in [0.1, 0.15) is 85.7 Å². The van der Waals surface area contributed by atoms with Gasteiger partial charge in [-0.1, -0.05) is 104 Å². The van der Waals surface area contributed by atoms with Gasteiger partial charge < -0.3 is 25.2 Å². The van der Waals surface area contributed by atoms with Crippen molar-refractivity contribution in [1.82, 2.24) is 10.2 Å². The van der Waals surface area contributed by atoms with E-state index in [4.69, 9.17) is 9.47 Å². The van der Waals surface area contributed by atoms with Gasteiger partial charge in [0.2, 0.25) is 0 Å². The average Bonchev–Trinajstić information content (AvgIpc) is 3.12. The van der Waals surface area contributed by atoms with Gasteiger partial charge in [-0.25, -0.2) is 4.79 Å². The van der Waals surface area contributed by atoms with Crippen molar-refractivity contribution in [1.29, 1.82) is 0 Å². The van der Waals surface area contributed by atoms with Crippen LogP contribution in [0.4, 0.5) is 10.5 Å². The lowest BCUT2D eigenvalue weighted by molar-refractivity contribution is -0.276. The zero-order valence-corrected chi connectivity index (χ0v) is 29.6. The van der Waals surface area contributed by atoms with E-state index in [1.165, 1.54) is 30.4 Å². The molecule has 7 heteroatoms. The Morgan fingerprint density at radius 1 is 0.745 bits per heavy atom. The van der Waals surface area contributed by atoms with Gasteiger partial charge in [0.1, 0.15) is 0 Å². The monoisotopic (exact) mass is 685 g/mol. The van der Waals surface area contributed by atoms with E-state index in [1.54, 1.807) is 0 Å². The van der Waals surface area contributed by atoms with Crippen molar-refractivity contribution in [3.63, 3.8) is 0 Å². The molecule has 9 rings (SSSR count). The summed E-state index contributed by atoms with van der Waals surface area (Å²) in [7, 11) is 0. The van der Waals surface area contributed by atoms with Crippen LogP contribution in [0.15, 0.2) is 109 Å². The number of hydrogen-bond donors (Lipinski definition) is 3. The van der Waals surface area contributed by atoms with Gasteiger partial charge in [-0.15, -0.1) is 0 Å². The fraction of sp³-hybridized carbons (Fsp3) is 0.432. The van der Waals surface area contributed by atoms with E-state index in [-0.39, 0.29) is 36.3 Å². The Hall–Kier alpha value is -4.01. The molecule has 4 aromatic carbocycles. The van der Waals surface area contributed by atoms with Gasteiger partial charge in [-0.2, -0.15) is 0 Å². The number of rotatable bonds is 11. The standard InChI is InChI=1S/C44H51N3O4/c1-30-40(28-47(26-31-9-4-2-5-10-31)27-32-11-6-3-7-12-32)50-42(51-41(30)37-17-15-33(29-48)16-18-37)38-13-8-14-39(22-38)45-43(49)46-44-23-34-19-35(24-44)21-36(20-34)25-44/h2-18,22,30,34-36,40-42,48H,19-21,23-29H2,1H3,(H2,45,46,49)/t30-,34?,35?,36?,40+,41+,42+,44?/m1/s1. The fourth-order valence-corrected chi connectivity index (χ4v) is 9.88. The number of urea groups is 1. The van der Waals surface area contributed by atoms with E-state index in [9.17, 15) is 9.90 Å². The summed E-state index contributed by atoms with van der Waals surface area (Å²) in [6.45, 7) is 4.51. The van der Waals surface area contributed by atoms with Gasteiger partial charge in [0, 0.05) is 42.3 Å². The predicted molar refractivity (Wildman–Crippen MR) is 199 cm³/mol. The molecule has 0 radical (unpaired) electrons. The third-order valence-corrected chi connectivity index (χ3v) is 11.9. The highest BCUT2D eigenvalue weighted by Gasteiger charge is 2.51. The summed E-state index contributed by atoms with van der Waals surface area (Å²) in [5.41, 5.74) is 5.98. The zero-order valence-electron chi connectivity index (χ0n) is 29.6. The number of amides is 2. The quantitative estimate of drug-likeness (QED) is 0.147. The first kappa shape index (κ1) is 34.1. The summed E-state index contributed by atoms with van der Waals surface area (Å²) in [5, 5.41) is 16.3. The molecule has 2 amide bonds. The van der Waals surface area contributed by atoms with Gasteiger partial charge in [0.05, 0.1) is 18.8 Å². The van der Waals surface area contributed by atoms with E-state index in [0.29, 0.717) is 6.54 Å². The van der Waals surface area contributed by atoms with E-state index < -0.39 is 6.29 Å². The van der Waals surface area contributed by atoms with Crippen molar-refractivity contribution in [2.24, 2.45) is 23.7 Å². The number of hydrogen-bond acceptors (Lipinski definition) is 5. The van der Waals surface area contributed by atoms with Gasteiger partial charge in [0.25, 0.3) is 0 Å². The summed E-state index contributed by atoms with van der Waals surface area (Å²) in [4.78, 5) is 15.9. The lowest BCUT2D eigenvalue weighted by Gasteiger charge is -2.56. The summed E-state index contributed by atoms with van der Waals surface area (Å²) < 4.78 is 13.7. The second kappa shape index (κ2) is 14.9. The van der Waals surface area contributed by atoms with E-state index in [0.717, 1.165) is 72.5 Å². The van der Waals surface area contributed by atoms with Crippen molar-refractivity contribution in [3.8, 4) is 0 Å². The number of aliphatic hydroxyl groups excluding tert-OH is 1. The first-order valence-electron chi connectivity index (χ1n) is 18.9. The Morgan fingerprint density at radius 3 is 1.94 bits per heavy atom. The van der Waals surface area contributed by atoms with Crippen LogP contribution >= 0.6 is 0 Å². The van der Waals surface area contributed by atoms with Crippen LogP contribution in [0.2, 0.25) is 0 Å². The molecule has 4 saturated carbocycles. The molecular formula is C44H51N3O4. The topological polar surface area (TPSA) is 83.1 Å². The lowest BCUT2D eigenvalue weighted by Crippen LogP contribution is -2.60. The van der Waals surface area contributed by atoms with Crippen LogP contribution in [0, 0.1) is 23.7 Å². The summed E-state index contributed by atoms with van der Waals surface area (Å²) in [6.07, 6.45) is 6.36. The third-order valence-electron chi connectivity index (χ3n) is 11.9. The van der Waals surface area contributed by atoms with Crippen molar-refractivity contribution in [2.45, 2.75) is 89.2 Å². The van der Waals surface area contributed by atoms with Gasteiger partial charge >= 0.3 is 6.03 Å². The average molecular weight is 686 g/mol. The van der Waals surface area contributed by atoms with Crippen LogP contribution in [-0.2, 0) is 29.2 Å². The number of nitrogens with one attached hydrogen (secondary N) is 2. The van der Waals surface area contributed by atoms with Crippen LogP contribution in [0.5, 0.6) is 0 Å². The molecule has 0 aromatic heterocycles. The molecule has 4 atom stereocenters. The molecule has 0 unspecified atom stereocenters. The number of carbonyl (C=O) groups excluding carboxylic acids is 1. The van der Waals surface area contributed by atoms with Crippen molar-refractivity contribution < 1.29 is 19.4 Å². The van der Waals surface area contributed by atoms with Crippen molar-refractivity contribution in [2.75, 3.05) is 11.9 Å². The maximum absolute atomic E-state index is 13.5. The summed E-state index contributed by atoms with van der Waals surface area (Å²) in [5.74, 6) is 2.34. The number of nitrogens with zero attached hydrogens (tertiary/aromatic N) is 1. The summed E-state index contributed by atoms with van der Waals surface area (Å²) >= 11 is 0. The van der Waals surface area contributed by atoms with Crippen molar-refractivity contribution in [3.05, 3.63) is 137 Å². The molecule has 4 aliphatic carbocycles.